The number of nitrogens with two attached hydrogens (primary N) is 1. The highest BCUT2D eigenvalue weighted by Crippen LogP contribution is 2.31. The largest absolute Gasteiger partial charge is 0.490 e. The molecule has 1 aromatic rings. The Balaban J connectivity index is 2.21. The lowest BCUT2D eigenvalue weighted by atomic mass is 9.90. The zero-order valence-corrected chi connectivity index (χ0v) is 9.97. The summed E-state index contributed by atoms with van der Waals surface area (Å²) in [7, 11) is 0. The van der Waals surface area contributed by atoms with Crippen molar-refractivity contribution in [1.82, 2.24) is 0 Å². The smallest absolute Gasteiger partial charge is 0.276 e. The number of benzene rings is 1. The molecule has 5 nitrogen and oxygen atoms in total. The van der Waals surface area contributed by atoms with Crippen molar-refractivity contribution in [1.29, 1.82) is 0 Å². The SMILES string of the molecule is Cc1cc(C)c([N+](=O)[O-])cc1OC1CC(N)C1. The van der Waals surface area contributed by atoms with Crippen molar-refractivity contribution in [2.75, 3.05) is 0 Å². The summed E-state index contributed by atoms with van der Waals surface area (Å²) in [4.78, 5) is 10.5. The van der Waals surface area contributed by atoms with Crippen molar-refractivity contribution in [3.8, 4) is 5.75 Å². The molecule has 1 fully saturated rings. The summed E-state index contributed by atoms with van der Waals surface area (Å²) in [5.41, 5.74) is 7.36. The van der Waals surface area contributed by atoms with Crippen LogP contribution in [0.1, 0.15) is 24.0 Å². The second kappa shape index (κ2) is 4.33. The van der Waals surface area contributed by atoms with Crippen molar-refractivity contribution in [2.24, 2.45) is 5.73 Å². The Morgan fingerprint density at radius 3 is 2.53 bits per heavy atom. The zero-order chi connectivity index (χ0) is 12.6. The summed E-state index contributed by atoms with van der Waals surface area (Å²) >= 11 is 0. The van der Waals surface area contributed by atoms with Gasteiger partial charge in [-0.15, -0.1) is 0 Å². The first-order valence-electron chi connectivity index (χ1n) is 5.65. The minimum atomic E-state index is -0.381. The minimum Gasteiger partial charge on any atom is -0.490 e. The van der Waals surface area contributed by atoms with Crippen LogP contribution in [-0.4, -0.2) is 17.1 Å². The number of ether oxygens (including phenoxy) is 1. The average molecular weight is 236 g/mol. The van der Waals surface area contributed by atoms with Gasteiger partial charge in [0.25, 0.3) is 5.69 Å². The molecular weight excluding hydrogens is 220 g/mol. The highest BCUT2D eigenvalue weighted by molar-refractivity contribution is 5.49. The molecule has 0 saturated heterocycles. The summed E-state index contributed by atoms with van der Waals surface area (Å²) in [5.74, 6) is 0.596. The topological polar surface area (TPSA) is 78.4 Å². The predicted octanol–water partition coefficient (Wildman–Crippen LogP) is 2.08. The predicted molar refractivity (Wildman–Crippen MR) is 64.2 cm³/mol. The van der Waals surface area contributed by atoms with Crippen LogP contribution >= 0.6 is 0 Å². The molecule has 0 aromatic heterocycles. The number of hydrogen-bond acceptors (Lipinski definition) is 4. The van der Waals surface area contributed by atoms with Gasteiger partial charge in [0.2, 0.25) is 0 Å². The molecule has 0 amide bonds. The molecule has 1 aliphatic rings. The van der Waals surface area contributed by atoms with Gasteiger partial charge in [-0.3, -0.25) is 10.1 Å². The molecule has 1 saturated carbocycles. The fourth-order valence-corrected chi connectivity index (χ4v) is 2.03. The third kappa shape index (κ3) is 2.39. The van der Waals surface area contributed by atoms with Crippen molar-refractivity contribution < 1.29 is 9.66 Å². The molecule has 1 aromatic carbocycles. The maximum absolute atomic E-state index is 10.8. The van der Waals surface area contributed by atoms with Gasteiger partial charge in [0.15, 0.2) is 0 Å². The molecule has 0 spiro atoms. The van der Waals surface area contributed by atoms with Gasteiger partial charge < -0.3 is 10.5 Å². The summed E-state index contributed by atoms with van der Waals surface area (Å²) < 4.78 is 5.71. The second-order valence-electron chi connectivity index (χ2n) is 4.63. The van der Waals surface area contributed by atoms with Gasteiger partial charge in [-0.1, -0.05) is 0 Å². The minimum absolute atomic E-state index is 0.103. The summed E-state index contributed by atoms with van der Waals surface area (Å²) in [5, 5.41) is 10.8. The second-order valence-corrected chi connectivity index (χ2v) is 4.63. The van der Waals surface area contributed by atoms with Gasteiger partial charge in [-0.25, -0.2) is 0 Å². The van der Waals surface area contributed by atoms with E-state index in [2.05, 4.69) is 0 Å². The Labute approximate surface area is 99.7 Å². The third-order valence-corrected chi connectivity index (χ3v) is 3.12. The Morgan fingerprint density at radius 2 is 2.00 bits per heavy atom. The van der Waals surface area contributed by atoms with Crippen LogP contribution in [0.2, 0.25) is 0 Å². The van der Waals surface area contributed by atoms with Gasteiger partial charge in [-0.2, -0.15) is 0 Å². The fraction of sp³-hybridized carbons (Fsp3) is 0.500. The number of nitrogens with zero attached hydrogens (tertiary/aromatic N) is 1. The molecule has 0 unspecified atom stereocenters. The molecule has 2 N–H and O–H groups in total. The van der Waals surface area contributed by atoms with E-state index in [0.717, 1.165) is 18.4 Å². The summed E-state index contributed by atoms with van der Waals surface area (Å²) in [6, 6.07) is 3.50. The molecule has 0 heterocycles. The van der Waals surface area contributed by atoms with E-state index in [4.69, 9.17) is 10.5 Å². The normalized spacial score (nSPS) is 23.0. The lowest BCUT2D eigenvalue weighted by Gasteiger charge is -2.33. The van der Waals surface area contributed by atoms with Crippen molar-refractivity contribution >= 4 is 5.69 Å². The van der Waals surface area contributed by atoms with Gasteiger partial charge >= 0.3 is 0 Å². The average Bonchev–Trinajstić information content (AvgIpc) is 2.18. The summed E-state index contributed by atoms with van der Waals surface area (Å²) in [6.45, 7) is 3.62. The van der Waals surface area contributed by atoms with Crippen molar-refractivity contribution in [3.05, 3.63) is 33.4 Å². The molecule has 92 valence electrons. The molecule has 17 heavy (non-hydrogen) atoms. The zero-order valence-electron chi connectivity index (χ0n) is 9.97. The standard InChI is InChI=1S/C12H16N2O3/c1-7-3-8(2)12(6-11(7)14(15)16)17-10-4-9(13)5-10/h3,6,9-10H,4-5,13H2,1-2H3. The molecule has 1 aliphatic carbocycles. The lowest BCUT2D eigenvalue weighted by molar-refractivity contribution is -0.385. The van der Waals surface area contributed by atoms with E-state index < -0.39 is 0 Å². The summed E-state index contributed by atoms with van der Waals surface area (Å²) in [6.07, 6.45) is 1.74. The number of nitro groups is 1. The molecule has 0 aliphatic heterocycles. The third-order valence-electron chi connectivity index (χ3n) is 3.12. The Hall–Kier alpha value is -1.62. The Morgan fingerprint density at radius 1 is 1.35 bits per heavy atom. The first-order valence-corrected chi connectivity index (χ1v) is 5.65. The monoisotopic (exact) mass is 236 g/mol. The molecule has 0 bridgehead atoms. The molecule has 2 rings (SSSR count). The number of hydrogen-bond donors (Lipinski definition) is 1. The Kier molecular flexibility index (Phi) is 3.02. The molecule has 0 radical (unpaired) electrons. The molecular formula is C12H16N2O3. The van der Waals surface area contributed by atoms with Gasteiger partial charge in [0, 0.05) is 11.6 Å². The molecule has 0 atom stereocenters. The van der Waals surface area contributed by atoms with E-state index in [1.54, 1.807) is 13.0 Å². The van der Waals surface area contributed by atoms with E-state index in [9.17, 15) is 10.1 Å². The highest BCUT2D eigenvalue weighted by atomic mass is 16.6. The fourth-order valence-electron chi connectivity index (χ4n) is 2.03. The quantitative estimate of drug-likeness (QED) is 0.643. The van der Waals surface area contributed by atoms with E-state index >= 15 is 0 Å². The maximum Gasteiger partial charge on any atom is 0.276 e. The lowest BCUT2D eigenvalue weighted by Crippen LogP contribution is -2.43. The number of aryl methyl sites for hydroxylation is 2. The van der Waals surface area contributed by atoms with Crippen LogP contribution in [-0.2, 0) is 0 Å². The van der Waals surface area contributed by atoms with Crippen LogP contribution in [0.25, 0.3) is 0 Å². The Bertz CT molecular complexity index is 453. The van der Waals surface area contributed by atoms with Crippen LogP contribution in [0.5, 0.6) is 5.75 Å². The van der Waals surface area contributed by atoms with Gasteiger partial charge in [0.1, 0.15) is 11.9 Å². The van der Waals surface area contributed by atoms with Crippen LogP contribution in [0.4, 0.5) is 5.69 Å². The van der Waals surface area contributed by atoms with E-state index in [-0.39, 0.29) is 22.8 Å². The maximum atomic E-state index is 10.8. The first-order chi connectivity index (χ1) is 7.97. The van der Waals surface area contributed by atoms with Crippen molar-refractivity contribution in [2.45, 2.75) is 38.8 Å². The van der Waals surface area contributed by atoms with E-state index in [0.29, 0.717) is 11.3 Å². The number of nitro benzene ring substituents is 1. The van der Waals surface area contributed by atoms with Crippen LogP contribution in [0.3, 0.4) is 0 Å². The first kappa shape index (κ1) is 11.9. The number of rotatable bonds is 3. The van der Waals surface area contributed by atoms with Crippen LogP contribution in [0, 0.1) is 24.0 Å². The van der Waals surface area contributed by atoms with Crippen LogP contribution in [0.15, 0.2) is 12.1 Å². The van der Waals surface area contributed by atoms with Gasteiger partial charge in [-0.05, 0) is 38.3 Å². The highest BCUT2D eigenvalue weighted by Gasteiger charge is 2.28. The van der Waals surface area contributed by atoms with E-state index in [1.807, 2.05) is 6.92 Å². The van der Waals surface area contributed by atoms with Crippen LogP contribution < -0.4 is 10.5 Å². The van der Waals surface area contributed by atoms with Gasteiger partial charge in [0.05, 0.1) is 11.0 Å². The van der Waals surface area contributed by atoms with E-state index in [1.165, 1.54) is 6.07 Å². The molecule has 5 heteroatoms. The van der Waals surface area contributed by atoms with Crippen molar-refractivity contribution in [3.63, 3.8) is 0 Å².